The lowest BCUT2D eigenvalue weighted by Gasteiger charge is -2.09. The molecule has 2 rings (SSSR count). The second kappa shape index (κ2) is 6.39. The number of anilines is 1. The van der Waals surface area contributed by atoms with Crippen molar-refractivity contribution in [3.63, 3.8) is 0 Å². The van der Waals surface area contributed by atoms with Crippen LogP contribution >= 0.6 is 11.6 Å². The summed E-state index contributed by atoms with van der Waals surface area (Å²) in [5, 5.41) is 5.45. The van der Waals surface area contributed by atoms with Crippen LogP contribution in [0.5, 0.6) is 0 Å². The molecule has 0 aromatic heterocycles. The highest BCUT2D eigenvalue weighted by Crippen LogP contribution is 2.22. The van der Waals surface area contributed by atoms with Gasteiger partial charge in [-0.3, -0.25) is 0 Å². The summed E-state index contributed by atoms with van der Waals surface area (Å²) in [5.41, 5.74) is 2.51. The van der Waals surface area contributed by atoms with E-state index in [9.17, 15) is 9.18 Å². The Morgan fingerprint density at radius 3 is 2.75 bits per heavy atom. The minimum atomic E-state index is -0.444. The first-order valence-electron chi connectivity index (χ1n) is 6.10. The van der Waals surface area contributed by atoms with Gasteiger partial charge in [0.25, 0.3) is 0 Å². The van der Waals surface area contributed by atoms with E-state index in [1.165, 1.54) is 12.1 Å². The summed E-state index contributed by atoms with van der Waals surface area (Å²) in [5.74, 6) is -0.444. The predicted molar refractivity (Wildman–Crippen MR) is 78.4 cm³/mol. The Labute approximate surface area is 121 Å². The van der Waals surface area contributed by atoms with Crippen molar-refractivity contribution in [2.75, 3.05) is 5.32 Å². The average Bonchev–Trinajstić information content (AvgIpc) is 2.40. The Morgan fingerprint density at radius 2 is 2.05 bits per heavy atom. The van der Waals surface area contributed by atoms with Gasteiger partial charge in [-0.25, -0.2) is 9.18 Å². The summed E-state index contributed by atoms with van der Waals surface area (Å²) < 4.78 is 12.9. The molecule has 0 fully saturated rings. The first kappa shape index (κ1) is 14.3. The number of carbonyl (C=O) groups excluding carboxylic acids is 1. The molecule has 3 nitrogen and oxygen atoms in total. The maximum absolute atomic E-state index is 12.9. The first-order valence-corrected chi connectivity index (χ1v) is 6.48. The molecule has 0 aliphatic heterocycles. The molecule has 0 atom stereocenters. The van der Waals surface area contributed by atoms with Crippen molar-refractivity contribution in [3.8, 4) is 0 Å². The zero-order chi connectivity index (χ0) is 14.5. The Hall–Kier alpha value is -2.07. The zero-order valence-electron chi connectivity index (χ0n) is 10.9. The van der Waals surface area contributed by atoms with Crippen molar-refractivity contribution in [2.24, 2.45) is 0 Å². The smallest absolute Gasteiger partial charge is 0.319 e. The highest BCUT2D eigenvalue weighted by molar-refractivity contribution is 6.33. The van der Waals surface area contributed by atoms with E-state index in [2.05, 4.69) is 10.6 Å². The standard InChI is InChI=1S/C15H14ClFN2O/c1-10-3-2-4-11(7-10)9-18-15(20)19-14-6-5-12(17)8-13(14)16/h2-8H,9H2,1H3,(H2,18,19,20). The van der Waals surface area contributed by atoms with Crippen molar-refractivity contribution in [1.29, 1.82) is 0 Å². The third kappa shape index (κ3) is 3.96. The number of halogens is 2. The van der Waals surface area contributed by atoms with E-state index < -0.39 is 5.82 Å². The van der Waals surface area contributed by atoms with E-state index in [1.807, 2.05) is 31.2 Å². The van der Waals surface area contributed by atoms with Gasteiger partial charge >= 0.3 is 6.03 Å². The van der Waals surface area contributed by atoms with Crippen LogP contribution in [-0.2, 0) is 6.54 Å². The molecule has 0 bridgehead atoms. The Kier molecular flexibility index (Phi) is 4.58. The number of nitrogens with one attached hydrogen (secondary N) is 2. The quantitative estimate of drug-likeness (QED) is 0.878. The lowest BCUT2D eigenvalue weighted by atomic mass is 10.1. The molecule has 2 amide bonds. The average molecular weight is 293 g/mol. The van der Waals surface area contributed by atoms with E-state index in [0.717, 1.165) is 17.2 Å². The Morgan fingerprint density at radius 1 is 1.25 bits per heavy atom. The van der Waals surface area contributed by atoms with Crippen LogP contribution in [0.25, 0.3) is 0 Å². The summed E-state index contributed by atoms with van der Waals surface area (Å²) in [6.45, 7) is 2.40. The van der Waals surface area contributed by atoms with Gasteiger partial charge in [-0.1, -0.05) is 41.4 Å². The summed E-state index contributed by atoms with van der Waals surface area (Å²) in [6, 6.07) is 11.3. The van der Waals surface area contributed by atoms with E-state index in [0.29, 0.717) is 12.2 Å². The van der Waals surface area contributed by atoms with Gasteiger partial charge in [0.05, 0.1) is 10.7 Å². The van der Waals surface area contributed by atoms with Gasteiger partial charge in [0.15, 0.2) is 0 Å². The van der Waals surface area contributed by atoms with Crippen LogP contribution in [0, 0.1) is 12.7 Å². The molecule has 2 aromatic carbocycles. The molecule has 0 aliphatic carbocycles. The van der Waals surface area contributed by atoms with Gasteiger partial charge < -0.3 is 10.6 Å². The molecular formula is C15H14ClFN2O. The molecule has 2 N–H and O–H groups in total. The van der Waals surface area contributed by atoms with E-state index >= 15 is 0 Å². The van der Waals surface area contributed by atoms with Crippen LogP contribution in [0.2, 0.25) is 5.02 Å². The fourth-order valence-corrected chi connectivity index (χ4v) is 1.98. The Bertz CT molecular complexity index is 631. The van der Waals surface area contributed by atoms with Gasteiger partial charge in [0.1, 0.15) is 5.82 Å². The van der Waals surface area contributed by atoms with Gasteiger partial charge in [0, 0.05) is 6.54 Å². The molecule has 0 radical (unpaired) electrons. The number of rotatable bonds is 3. The lowest BCUT2D eigenvalue weighted by molar-refractivity contribution is 0.251. The molecular weight excluding hydrogens is 279 g/mol. The van der Waals surface area contributed by atoms with Crippen LogP contribution in [0.3, 0.4) is 0 Å². The normalized spacial score (nSPS) is 10.2. The van der Waals surface area contributed by atoms with Crippen molar-refractivity contribution < 1.29 is 9.18 Å². The van der Waals surface area contributed by atoms with Crippen molar-refractivity contribution in [1.82, 2.24) is 5.32 Å². The summed E-state index contributed by atoms with van der Waals surface area (Å²) in [4.78, 5) is 11.7. The monoisotopic (exact) mass is 292 g/mol. The summed E-state index contributed by atoms with van der Waals surface area (Å²) >= 11 is 5.83. The predicted octanol–water partition coefficient (Wildman–Crippen LogP) is 4.11. The molecule has 2 aromatic rings. The van der Waals surface area contributed by atoms with Crippen LogP contribution in [0.15, 0.2) is 42.5 Å². The third-order valence-corrected chi connectivity index (χ3v) is 3.03. The van der Waals surface area contributed by atoms with Gasteiger partial charge in [-0.15, -0.1) is 0 Å². The zero-order valence-corrected chi connectivity index (χ0v) is 11.7. The van der Waals surface area contributed by atoms with Crippen LogP contribution < -0.4 is 10.6 Å². The minimum Gasteiger partial charge on any atom is -0.334 e. The van der Waals surface area contributed by atoms with Crippen molar-refractivity contribution in [3.05, 3.63) is 64.4 Å². The molecule has 0 unspecified atom stereocenters. The molecule has 0 saturated carbocycles. The number of benzene rings is 2. The number of carbonyl (C=O) groups is 1. The number of hydrogen-bond donors (Lipinski definition) is 2. The van der Waals surface area contributed by atoms with Crippen LogP contribution in [0.1, 0.15) is 11.1 Å². The second-order valence-corrected chi connectivity index (χ2v) is 4.83. The minimum absolute atomic E-state index is 0.163. The summed E-state index contributed by atoms with van der Waals surface area (Å²) in [6.07, 6.45) is 0. The van der Waals surface area contributed by atoms with E-state index in [1.54, 1.807) is 0 Å². The summed E-state index contributed by atoms with van der Waals surface area (Å²) in [7, 11) is 0. The fourth-order valence-electron chi connectivity index (χ4n) is 1.76. The SMILES string of the molecule is Cc1cccc(CNC(=O)Nc2ccc(F)cc2Cl)c1. The van der Waals surface area contributed by atoms with Gasteiger partial charge in [-0.2, -0.15) is 0 Å². The lowest BCUT2D eigenvalue weighted by Crippen LogP contribution is -2.28. The number of amides is 2. The molecule has 104 valence electrons. The van der Waals surface area contributed by atoms with Crippen molar-refractivity contribution >= 4 is 23.3 Å². The number of hydrogen-bond acceptors (Lipinski definition) is 1. The highest BCUT2D eigenvalue weighted by Gasteiger charge is 2.06. The second-order valence-electron chi connectivity index (χ2n) is 4.42. The highest BCUT2D eigenvalue weighted by atomic mass is 35.5. The Balaban J connectivity index is 1.92. The topological polar surface area (TPSA) is 41.1 Å². The maximum atomic E-state index is 12.9. The molecule has 0 aliphatic rings. The fraction of sp³-hybridized carbons (Fsp3) is 0.133. The number of aryl methyl sites for hydroxylation is 1. The first-order chi connectivity index (χ1) is 9.54. The molecule has 5 heteroatoms. The van der Waals surface area contributed by atoms with Crippen LogP contribution in [-0.4, -0.2) is 6.03 Å². The van der Waals surface area contributed by atoms with Gasteiger partial charge in [-0.05, 0) is 30.7 Å². The van der Waals surface area contributed by atoms with E-state index in [4.69, 9.17) is 11.6 Å². The molecule has 0 saturated heterocycles. The molecule has 0 heterocycles. The maximum Gasteiger partial charge on any atom is 0.319 e. The van der Waals surface area contributed by atoms with Crippen LogP contribution in [0.4, 0.5) is 14.9 Å². The molecule has 0 spiro atoms. The van der Waals surface area contributed by atoms with Crippen molar-refractivity contribution in [2.45, 2.75) is 13.5 Å². The van der Waals surface area contributed by atoms with E-state index in [-0.39, 0.29) is 11.1 Å². The van der Waals surface area contributed by atoms with Gasteiger partial charge in [0.2, 0.25) is 0 Å². The third-order valence-electron chi connectivity index (χ3n) is 2.71. The molecule has 20 heavy (non-hydrogen) atoms. The number of urea groups is 1. The largest absolute Gasteiger partial charge is 0.334 e.